The molecule has 16 heavy (non-hydrogen) atoms. The van der Waals surface area contributed by atoms with Crippen molar-refractivity contribution in [2.75, 3.05) is 12.5 Å². The highest BCUT2D eigenvalue weighted by molar-refractivity contribution is 5.30. The van der Waals surface area contributed by atoms with Gasteiger partial charge in [-0.05, 0) is 26.0 Å². The summed E-state index contributed by atoms with van der Waals surface area (Å²) in [5.74, 6) is 1.06. The van der Waals surface area contributed by atoms with E-state index in [2.05, 4.69) is 15.4 Å². The van der Waals surface area contributed by atoms with Gasteiger partial charge in [0.05, 0.1) is 7.11 Å². The second-order valence-corrected chi connectivity index (χ2v) is 3.49. The van der Waals surface area contributed by atoms with Crippen LogP contribution in [0.15, 0.2) is 24.4 Å². The van der Waals surface area contributed by atoms with Gasteiger partial charge < -0.3 is 4.74 Å². The van der Waals surface area contributed by atoms with Crippen molar-refractivity contribution in [1.29, 1.82) is 0 Å². The van der Waals surface area contributed by atoms with Crippen LogP contribution in [0.4, 0.5) is 5.95 Å². The SMILES string of the molecule is COc1ccnc(Nn2c(C)ccc2C)n1. The number of methoxy groups -OCH3 is 1. The van der Waals surface area contributed by atoms with E-state index in [1.54, 1.807) is 19.4 Å². The molecule has 0 radical (unpaired) electrons. The zero-order valence-corrected chi connectivity index (χ0v) is 9.56. The molecule has 0 spiro atoms. The van der Waals surface area contributed by atoms with Gasteiger partial charge in [-0.15, -0.1) is 0 Å². The molecule has 5 heteroatoms. The molecular weight excluding hydrogens is 204 g/mol. The zero-order valence-electron chi connectivity index (χ0n) is 9.56. The standard InChI is InChI=1S/C11H14N4O/c1-8-4-5-9(2)15(8)14-11-12-7-6-10(13-11)16-3/h4-7H,1-3H3,(H,12,13,14). The Morgan fingerprint density at radius 3 is 2.50 bits per heavy atom. The highest BCUT2D eigenvalue weighted by atomic mass is 16.5. The minimum absolute atomic E-state index is 0.516. The van der Waals surface area contributed by atoms with E-state index in [0.717, 1.165) is 11.4 Å². The molecule has 0 aliphatic heterocycles. The highest BCUT2D eigenvalue weighted by Crippen LogP contribution is 2.10. The molecule has 2 aromatic rings. The smallest absolute Gasteiger partial charge is 0.245 e. The summed E-state index contributed by atoms with van der Waals surface area (Å²) in [6, 6.07) is 5.77. The van der Waals surface area contributed by atoms with Crippen LogP contribution in [0, 0.1) is 13.8 Å². The van der Waals surface area contributed by atoms with Crippen LogP contribution in [0.2, 0.25) is 0 Å². The summed E-state index contributed by atoms with van der Waals surface area (Å²) < 4.78 is 6.96. The summed E-state index contributed by atoms with van der Waals surface area (Å²) in [5, 5.41) is 0. The van der Waals surface area contributed by atoms with Gasteiger partial charge in [-0.3, -0.25) is 10.1 Å². The summed E-state index contributed by atoms with van der Waals surface area (Å²) >= 11 is 0. The lowest BCUT2D eigenvalue weighted by Crippen LogP contribution is -2.14. The van der Waals surface area contributed by atoms with E-state index in [4.69, 9.17) is 4.74 Å². The van der Waals surface area contributed by atoms with Gasteiger partial charge in [0.15, 0.2) is 0 Å². The van der Waals surface area contributed by atoms with Crippen molar-refractivity contribution in [3.8, 4) is 5.88 Å². The summed E-state index contributed by atoms with van der Waals surface area (Å²) in [6.07, 6.45) is 1.66. The van der Waals surface area contributed by atoms with Gasteiger partial charge in [0.1, 0.15) is 0 Å². The maximum absolute atomic E-state index is 5.03. The fourth-order valence-corrected chi connectivity index (χ4v) is 1.45. The maximum Gasteiger partial charge on any atom is 0.245 e. The predicted molar refractivity (Wildman–Crippen MR) is 61.5 cm³/mol. The van der Waals surface area contributed by atoms with Gasteiger partial charge in [-0.2, -0.15) is 4.98 Å². The van der Waals surface area contributed by atoms with Crippen molar-refractivity contribution in [2.24, 2.45) is 0 Å². The molecule has 84 valence electrons. The van der Waals surface area contributed by atoms with Crippen molar-refractivity contribution in [1.82, 2.24) is 14.6 Å². The normalized spacial score (nSPS) is 10.2. The van der Waals surface area contributed by atoms with Gasteiger partial charge in [0, 0.05) is 23.7 Å². The third-order valence-electron chi connectivity index (χ3n) is 2.32. The number of hydrogen-bond acceptors (Lipinski definition) is 4. The molecule has 0 saturated carbocycles. The molecule has 0 bridgehead atoms. The van der Waals surface area contributed by atoms with E-state index in [1.165, 1.54) is 0 Å². The Balaban J connectivity index is 2.27. The van der Waals surface area contributed by atoms with E-state index in [9.17, 15) is 0 Å². The van der Waals surface area contributed by atoms with Gasteiger partial charge in [-0.1, -0.05) is 0 Å². The minimum atomic E-state index is 0.516. The lowest BCUT2D eigenvalue weighted by Gasteiger charge is -2.11. The first-order valence-electron chi connectivity index (χ1n) is 4.99. The lowest BCUT2D eigenvalue weighted by atomic mass is 10.5. The van der Waals surface area contributed by atoms with Crippen LogP contribution < -0.4 is 10.2 Å². The Hall–Kier alpha value is -2.04. The quantitative estimate of drug-likeness (QED) is 0.853. The highest BCUT2D eigenvalue weighted by Gasteiger charge is 2.03. The van der Waals surface area contributed by atoms with Crippen molar-refractivity contribution in [3.05, 3.63) is 35.8 Å². The number of ether oxygens (including phenoxy) is 1. The van der Waals surface area contributed by atoms with Crippen molar-refractivity contribution >= 4 is 5.95 Å². The molecule has 0 aliphatic rings. The van der Waals surface area contributed by atoms with Gasteiger partial charge in [0.25, 0.3) is 0 Å². The van der Waals surface area contributed by atoms with Gasteiger partial charge in [0.2, 0.25) is 11.8 Å². The van der Waals surface area contributed by atoms with Crippen molar-refractivity contribution in [2.45, 2.75) is 13.8 Å². The third-order valence-corrected chi connectivity index (χ3v) is 2.32. The largest absolute Gasteiger partial charge is 0.481 e. The molecule has 2 heterocycles. The average molecular weight is 218 g/mol. The molecule has 0 amide bonds. The molecule has 0 saturated heterocycles. The van der Waals surface area contributed by atoms with Gasteiger partial charge >= 0.3 is 0 Å². The number of hydrogen-bond donors (Lipinski definition) is 1. The number of nitrogens with zero attached hydrogens (tertiary/aromatic N) is 3. The Morgan fingerprint density at radius 1 is 1.19 bits per heavy atom. The molecule has 0 unspecified atom stereocenters. The minimum Gasteiger partial charge on any atom is -0.481 e. The molecule has 2 rings (SSSR count). The second-order valence-electron chi connectivity index (χ2n) is 3.49. The average Bonchev–Trinajstić information content (AvgIpc) is 2.61. The topological polar surface area (TPSA) is 52.0 Å². The first-order valence-corrected chi connectivity index (χ1v) is 4.99. The Labute approximate surface area is 94.1 Å². The van der Waals surface area contributed by atoms with E-state index < -0.39 is 0 Å². The number of aromatic nitrogens is 3. The molecule has 0 atom stereocenters. The summed E-state index contributed by atoms with van der Waals surface area (Å²) in [7, 11) is 1.58. The summed E-state index contributed by atoms with van der Waals surface area (Å²) in [6.45, 7) is 4.03. The fraction of sp³-hybridized carbons (Fsp3) is 0.273. The Morgan fingerprint density at radius 2 is 1.88 bits per heavy atom. The van der Waals surface area contributed by atoms with E-state index in [1.807, 2.05) is 30.7 Å². The van der Waals surface area contributed by atoms with E-state index in [-0.39, 0.29) is 0 Å². The lowest BCUT2D eigenvalue weighted by molar-refractivity contribution is 0.397. The van der Waals surface area contributed by atoms with Crippen LogP contribution in [-0.2, 0) is 0 Å². The number of nitrogens with one attached hydrogen (secondary N) is 1. The fourth-order valence-electron chi connectivity index (χ4n) is 1.45. The van der Waals surface area contributed by atoms with Crippen LogP contribution in [0.3, 0.4) is 0 Å². The van der Waals surface area contributed by atoms with Crippen LogP contribution in [-0.4, -0.2) is 21.8 Å². The zero-order chi connectivity index (χ0) is 11.5. The van der Waals surface area contributed by atoms with Crippen molar-refractivity contribution < 1.29 is 4.74 Å². The van der Waals surface area contributed by atoms with Crippen LogP contribution in [0.25, 0.3) is 0 Å². The maximum atomic E-state index is 5.03. The van der Waals surface area contributed by atoms with E-state index in [0.29, 0.717) is 11.8 Å². The molecular formula is C11H14N4O. The monoisotopic (exact) mass is 218 g/mol. The summed E-state index contributed by atoms with van der Waals surface area (Å²) in [4.78, 5) is 8.30. The Bertz CT molecular complexity index is 473. The molecule has 2 aromatic heterocycles. The first-order chi connectivity index (χ1) is 7.70. The third kappa shape index (κ3) is 1.98. The predicted octanol–water partition coefficient (Wildman–Crippen LogP) is 1.78. The number of rotatable bonds is 3. The van der Waals surface area contributed by atoms with Gasteiger partial charge in [-0.25, -0.2) is 4.98 Å². The van der Waals surface area contributed by atoms with Crippen LogP contribution >= 0.6 is 0 Å². The molecule has 0 aromatic carbocycles. The summed E-state index contributed by atoms with van der Waals surface area (Å²) in [5.41, 5.74) is 5.31. The molecule has 1 N–H and O–H groups in total. The van der Waals surface area contributed by atoms with Crippen molar-refractivity contribution in [3.63, 3.8) is 0 Å². The Kier molecular flexibility index (Phi) is 2.76. The molecule has 0 aliphatic carbocycles. The van der Waals surface area contributed by atoms with Crippen LogP contribution in [0.1, 0.15) is 11.4 Å². The first kappa shape index (κ1) is 10.5. The number of anilines is 1. The second kappa shape index (κ2) is 4.22. The molecule has 5 nitrogen and oxygen atoms in total. The number of aryl methyl sites for hydroxylation is 2. The van der Waals surface area contributed by atoms with E-state index >= 15 is 0 Å². The molecule has 0 fully saturated rings. The van der Waals surface area contributed by atoms with Crippen LogP contribution in [0.5, 0.6) is 5.88 Å².